The number of hydrazine groups is 1. The average molecular weight is 221 g/mol. The van der Waals surface area contributed by atoms with Crippen LogP contribution in [0.25, 0.3) is 0 Å². The minimum absolute atomic E-state index is 0.243. The van der Waals surface area contributed by atoms with Gasteiger partial charge in [-0.2, -0.15) is 0 Å². The summed E-state index contributed by atoms with van der Waals surface area (Å²) >= 11 is 5.30. The van der Waals surface area contributed by atoms with E-state index < -0.39 is 0 Å². The lowest BCUT2D eigenvalue weighted by atomic mass is 10.0. The van der Waals surface area contributed by atoms with Crippen molar-refractivity contribution in [3.05, 3.63) is 35.9 Å². The molecule has 1 N–H and O–H groups in total. The van der Waals surface area contributed by atoms with Gasteiger partial charge in [0.05, 0.1) is 0 Å². The standard InChI is InChI=1S/C11H15N3S/c1-11(9-7-5-4-6-8-9)12-14(3)10(15)13(11)2/h4-8,12H,1-3H3. The third-order valence-corrected chi connectivity index (χ3v) is 3.51. The minimum atomic E-state index is -0.243. The molecule has 1 fully saturated rings. The molecule has 80 valence electrons. The second-order valence-corrected chi connectivity index (χ2v) is 4.32. The van der Waals surface area contributed by atoms with Crippen LogP contribution in [0.3, 0.4) is 0 Å². The van der Waals surface area contributed by atoms with E-state index in [2.05, 4.69) is 29.4 Å². The highest BCUT2D eigenvalue weighted by molar-refractivity contribution is 7.80. The lowest BCUT2D eigenvalue weighted by Gasteiger charge is -2.31. The summed E-state index contributed by atoms with van der Waals surface area (Å²) in [4.78, 5) is 2.07. The Morgan fingerprint density at radius 1 is 1.20 bits per heavy atom. The number of hydrogen-bond donors (Lipinski definition) is 1. The van der Waals surface area contributed by atoms with Gasteiger partial charge in [0.2, 0.25) is 0 Å². The van der Waals surface area contributed by atoms with E-state index >= 15 is 0 Å². The Bertz CT molecular complexity index is 379. The van der Waals surface area contributed by atoms with Crippen molar-refractivity contribution in [2.75, 3.05) is 14.1 Å². The van der Waals surface area contributed by atoms with E-state index in [9.17, 15) is 0 Å². The van der Waals surface area contributed by atoms with Gasteiger partial charge in [-0.25, -0.2) is 5.43 Å². The van der Waals surface area contributed by atoms with Crippen molar-refractivity contribution in [3.8, 4) is 0 Å². The zero-order valence-electron chi connectivity index (χ0n) is 9.19. The van der Waals surface area contributed by atoms with Gasteiger partial charge >= 0.3 is 0 Å². The molecule has 4 heteroatoms. The van der Waals surface area contributed by atoms with E-state index in [1.54, 1.807) is 0 Å². The molecule has 1 aromatic rings. The summed E-state index contributed by atoms with van der Waals surface area (Å²) in [6.07, 6.45) is 0. The van der Waals surface area contributed by atoms with E-state index in [-0.39, 0.29) is 5.66 Å². The normalized spacial score (nSPS) is 26.2. The molecular formula is C11H15N3S. The minimum Gasteiger partial charge on any atom is -0.328 e. The topological polar surface area (TPSA) is 18.5 Å². The first kappa shape index (κ1) is 10.4. The smallest absolute Gasteiger partial charge is 0.187 e. The predicted molar refractivity (Wildman–Crippen MR) is 65.1 cm³/mol. The highest BCUT2D eigenvalue weighted by atomic mass is 32.1. The van der Waals surface area contributed by atoms with E-state index in [0.717, 1.165) is 5.11 Å². The SMILES string of the molecule is CN1NC(C)(c2ccccc2)N(C)C1=S. The van der Waals surface area contributed by atoms with Gasteiger partial charge in [0, 0.05) is 14.1 Å². The average Bonchev–Trinajstić information content (AvgIpc) is 2.45. The molecular weight excluding hydrogens is 206 g/mol. The van der Waals surface area contributed by atoms with Crippen LogP contribution in [0.2, 0.25) is 0 Å². The van der Waals surface area contributed by atoms with Crippen molar-refractivity contribution in [3.63, 3.8) is 0 Å². The number of nitrogens with zero attached hydrogens (tertiary/aromatic N) is 2. The number of nitrogens with one attached hydrogen (secondary N) is 1. The molecule has 1 unspecified atom stereocenters. The molecule has 0 spiro atoms. The molecule has 0 amide bonds. The molecule has 1 aliphatic heterocycles. The Labute approximate surface area is 95.6 Å². The fourth-order valence-corrected chi connectivity index (χ4v) is 2.11. The van der Waals surface area contributed by atoms with Crippen molar-refractivity contribution in [2.45, 2.75) is 12.6 Å². The fourth-order valence-electron chi connectivity index (χ4n) is 1.89. The molecule has 0 saturated carbocycles. The first-order chi connectivity index (χ1) is 7.05. The van der Waals surface area contributed by atoms with Gasteiger partial charge in [-0.3, -0.25) is 5.01 Å². The van der Waals surface area contributed by atoms with Gasteiger partial charge < -0.3 is 4.90 Å². The number of rotatable bonds is 1. The zero-order chi connectivity index (χ0) is 11.1. The Morgan fingerprint density at radius 3 is 2.27 bits per heavy atom. The van der Waals surface area contributed by atoms with E-state index in [1.165, 1.54) is 5.56 Å². The van der Waals surface area contributed by atoms with Gasteiger partial charge in [0.1, 0.15) is 5.66 Å². The van der Waals surface area contributed by atoms with Crippen LogP contribution in [0.4, 0.5) is 0 Å². The Kier molecular flexibility index (Phi) is 2.40. The molecule has 1 heterocycles. The number of thiocarbonyl (C=S) groups is 1. The van der Waals surface area contributed by atoms with Gasteiger partial charge in [-0.05, 0) is 24.7 Å². The van der Waals surface area contributed by atoms with E-state index in [1.807, 2.05) is 37.3 Å². The molecule has 1 aromatic carbocycles. The van der Waals surface area contributed by atoms with E-state index in [4.69, 9.17) is 12.2 Å². The summed E-state index contributed by atoms with van der Waals surface area (Å²) in [7, 11) is 3.94. The van der Waals surface area contributed by atoms with Gasteiger partial charge in [-0.15, -0.1) is 0 Å². The van der Waals surface area contributed by atoms with Crippen molar-refractivity contribution in [1.82, 2.24) is 15.3 Å². The summed E-state index contributed by atoms with van der Waals surface area (Å²) in [5.41, 5.74) is 4.33. The predicted octanol–water partition coefficient (Wildman–Crippen LogP) is 1.53. The molecule has 2 rings (SSSR count). The summed E-state index contributed by atoms with van der Waals surface area (Å²) in [6, 6.07) is 10.3. The monoisotopic (exact) mass is 221 g/mol. The van der Waals surface area contributed by atoms with Crippen molar-refractivity contribution in [1.29, 1.82) is 0 Å². The highest BCUT2D eigenvalue weighted by Gasteiger charge is 2.41. The van der Waals surface area contributed by atoms with Crippen LogP contribution < -0.4 is 5.43 Å². The first-order valence-electron chi connectivity index (χ1n) is 4.90. The maximum atomic E-state index is 5.30. The third-order valence-electron chi connectivity index (χ3n) is 2.97. The molecule has 1 saturated heterocycles. The van der Waals surface area contributed by atoms with Crippen LogP contribution in [0, 0.1) is 0 Å². The van der Waals surface area contributed by atoms with Crippen molar-refractivity contribution in [2.24, 2.45) is 0 Å². The van der Waals surface area contributed by atoms with Crippen LogP contribution >= 0.6 is 12.2 Å². The third kappa shape index (κ3) is 1.50. The summed E-state index contributed by atoms with van der Waals surface area (Å²) in [5.74, 6) is 0. The molecule has 1 atom stereocenters. The molecule has 0 aromatic heterocycles. The highest BCUT2D eigenvalue weighted by Crippen LogP contribution is 2.29. The summed E-state index contributed by atoms with van der Waals surface area (Å²) < 4.78 is 0. The first-order valence-corrected chi connectivity index (χ1v) is 5.31. The van der Waals surface area contributed by atoms with Crippen molar-refractivity contribution >= 4 is 17.3 Å². The maximum Gasteiger partial charge on any atom is 0.187 e. The molecule has 0 radical (unpaired) electrons. The second-order valence-electron chi connectivity index (χ2n) is 3.95. The molecule has 3 nitrogen and oxygen atoms in total. The quantitative estimate of drug-likeness (QED) is 0.725. The summed E-state index contributed by atoms with van der Waals surface area (Å²) in [5, 5.41) is 2.68. The Hall–Kier alpha value is -1.13. The van der Waals surface area contributed by atoms with Gasteiger partial charge in [0.15, 0.2) is 5.11 Å². The second kappa shape index (κ2) is 3.47. The van der Waals surface area contributed by atoms with Crippen LogP contribution in [-0.4, -0.2) is 29.1 Å². The Balaban J connectivity index is 2.40. The number of benzene rings is 1. The maximum absolute atomic E-state index is 5.30. The molecule has 0 bridgehead atoms. The van der Waals surface area contributed by atoms with Gasteiger partial charge in [-0.1, -0.05) is 30.3 Å². The largest absolute Gasteiger partial charge is 0.328 e. The molecule has 0 aliphatic carbocycles. The summed E-state index contributed by atoms with van der Waals surface area (Å²) in [6.45, 7) is 2.12. The van der Waals surface area contributed by atoms with Crippen LogP contribution in [-0.2, 0) is 5.66 Å². The van der Waals surface area contributed by atoms with Crippen LogP contribution in [0.5, 0.6) is 0 Å². The number of hydrogen-bond acceptors (Lipinski definition) is 2. The Morgan fingerprint density at radius 2 is 1.80 bits per heavy atom. The lowest BCUT2D eigenvalue weighted by Crippen LogP contribution is -2.45. The molecule has 1 aliphatic rings. The van der Waals surface area contributed by atoms with E-state index in [0.29, 0.717) is 0 Å². The van der Waals surface area contributed by atoms with Crippen molar-refractivity contribution < 1.29 is 0 Å². The van der Waals surface area contributed by atoms with Gasteiger partial charge in [0.25, 0.3) is 0 Å². The van der Waals surface area contributed by atoms with Crippen LogP contribution in [0.15, 0.2) is 30.3 Å². The zero-order valence-corrected chi connectivity index (χ0v) is 10.0. The fraction of sp³-hybridized carbons (Fsp3) is 0.364. The molecule has 15 heavy (non-hydrogen) atoms. The van der Waals surface area contributed by atoms with Crippen LogP contribution in [0.1, 0.15) is 12.5 Å². The lowest BCUT2D eigenvalue weighted by molar-refractivity contribution is 0.179.